The summed E-state index contributed by atoms with van der Waals surface area (Å²) in [6, 6.07) is 0. The topological polar surface area (TPSA) is 128 Å². The van der Waals surface area contributed by atoms with Gasteiger partial charge in [0.1, 0.15) is 0 Å². The molecule has 4 N–H and O–H groups in total. The number of rotatable bonds is 24. The summed E-state index contributed by atoms with van der Waals surface area (Å²) in [5.41, 5.74) is 4.85. The molecule has 0 spiro atoms. The molecule has 2 unspecified atom stereocenters. The average molecular weight is 574 g/mol. The van der Waals surface area contributed by atoms with E-state index in [1.54, 1.807) is 6.92 Å². The normalized spacial score (nSPS) is 13.1. The fraction of sp³-hybridized carbons (Fsp3) is 0.963. The van der Waals surface area contributed by atoms with Crippen molar-refractivity contribution in [2.75, 3.05) is 38.4 Å². The molecule has 0 aromatic heterocycles. The largest absolute Gasteiger partial charge is 0.481 e. The molecule has 0 radical (unpaired) electrons. The highest BCUT2D eigenvalue weighted by Crippen LogP contribution is 2.42. The van der Waals surface area contributed by atoms with E-state index in [1.807, 2.05) is 25.6 Å². The molecule has 0 aliphatic heterocycles. The summed E-state index contributed by atoms with van der Waals surface area (Å²) < 4.78 is 26.3. The Labute approximate surface area is 232 Å². The molecule has 10 heteroatoms. The van der Waals surface area contributed by atoms with Crippen LogP contribution in [0.2, 0.25) is 0 Å². The third kappa shape index (κ3) is 40.5. The highest BCUT2D eigenvalue weighted by Gasteiger charge is 2.21. The third-order valence-electron chi connectivity index (χ3n) is 5.31. The molecule has 8 nitrogen and oxygen atoms in total. The molecule has 0 bridgehead atoms. The summed E-state index contributed by atoms with van der Waals surface area (Å²) >= 11 is 1.83. The summed E-state index contributed by atoms with van der Waals surface area (Å²) in [5.74, 6) is 1.13. The van der Waals surface area contributed by atoms with Crippen LogP contribution in [0, 0.1) is 0 Å². The molecule has 2 atom stereocenters. The van der Waals surface area contributed by atoms with Crippen molar-refractivity contribution >= 4 is 25.6 Å². The zero-order valence-electron chi connectivity index (χ0n) is 24.6. The Balaban J connectivity index is -0.00000125. The lowest BCUT2D eigenvalue weighted by Crippen LogP contribution is -2.22. The number of carbonyl (C=O) groups is 1. The van der Waals surface area contributed by atoms with Gasteiger partial charge in [-0.3, -0.25) is 13.8 Å². The molecule has 0 aliphatic carbocycles. The minimum Gasteiger partial charge on any atom is -0.481 e. The van der Waals surface area contributed by atoms with Crippen LogP contribution >= 0.6 is 19.6 Å². The van der Waals surface area contributed by atoms with Gasteiger partial charge in [0.15, 0.2) is 0 Å². The summed E-state index contributed by atoms with van der Waals surface area (Å²) in [7, 11) is -2.75. The molecule has 0 amide bonds. The van der Waals surface area contributed by atoms with Crippen molar-refractivity contribution in [3.8, 4) is 0 Å². The van der Waals surface area contributed by atoms with E-state index in [1.165, 1.54) is 97.0 Å². The van der Waals surface area contributed by atoms with Crippen LogP contribution in [0.3, 0.4) is 0 Å². The summed E-state index contributed by atoms with van der Waals surface area (Å²) in [6.45, 7) is 9.09. The van der Waals surface area contributed by atoms with E-state index in [9.17, 15) is 14.3 Å². The average Bonchev–Trinajstić information content (AvgIpc) is 2.87. The number of thioether (sulfide) groups is 1. The molecular formula is C27H60NO7PS. The Morgan fingerprint density at radius 1 is 0.865 bits per heavy atom. The van der Waals surface area contributed by atoms with Crippen molar-refractivity contribution in [1.29, 1.82) is 0 Å². The van der Waals surface area contributed by atoms with E-state index < -0.39 is 13.8 Å². The number of ether oxygens (including phenoxy) is 1. The molecule has 0 heterocycles. The molecule has 0 aliphatic rings. The minimum atomic E-state index is -3.92. The first kappa shape index (κ1) is 41.3. The van der Waals surface area contributed by atoms with Crippen LogP contribution < -0.4 is 5.73 Å². The second-order valence-corrected chi connectivity index (χ2v) is 11.6. The van der Waals surface area contributed by atoms with Crippen molar-refractivity contribution < 1.29 is 33.1 Å². The van der Waals surface area contributed by atoms with E-state index in [2.05, 4.69) is 11.4 Å². The Kier molecular flexibility index (Phi) is 37.8. The summed E-state index contributed by atoms with van der Waals surface area (Å²) in [6.07, 6.45) is 19.3. The lowest BCUT2D eigenvalue weighted by atomic mass is 10.0. The maximum absolute atomic E-state index is 11.4. The molecule has 37 heavy (non-hydrogen) atoms. The second kappa shape index (κ2) is 33.9. The van der Waals surface area contributed by atoms with Crippen LogP contribution in [0.5, 0.6) is 0 Å². The van der Waals surface area contributed by atoms with Gasteiger partial charge in [-0.05, 0) is 25.6 Å². The summed E-state index contributed by atoms with van der Waals surface area (Å²) in [5, 5.41) is 7.72. The van der Waals surface area contributed by atoms with E-state index in [0.717, 1.165) is 18.1 Å². The van der Waals surface area contributed by atoms with Gasteiger partial charge in [0, 0.05) is 25.9 Å². The molecule has 0 rings (SSSR count). The van der Waals surface area contributed by atoms with Crippen LogP contribution in [0.15, 0.2) is 0 Å². The standard InChI is InChI=1S/C22H47O5PS.C3H6O2.C2H7N/c1-4-6-7-8-9-10-11-12-13-14-15-16-17-18-19-29-21-22(26-5-2)20-27-28(23,24)25-3;1-2-3(4)5;1-2-3/h22H,4-21H2,1-3H3,(H,23,24);2H2,1H3,(H,4,5);2-3H2,1H3. The van der Waals surface area contributed by atoms with Gasteiger partial charge in [0.25, 0.3) is 0 Å². The minimum absolute atomic E-state index is 0.0845. The van der Waals surface area contributed by atoms with Crippen LogP contribution in [0.4, 0.5) is 0 Å². The predicted octanol–water partition coefficient (Wildman–Crippen LogP) is 7.82. The van der Waals surface area contributed by atoms with Crippen LogP contribution in [-0.2, 0) is 23.1 Å². The first-order chi connectivity index (χ1) is 17.7. The van der Waals surface area contributed by atoms with Gasteiger partial charge in [-0.25, -0.2) is 4.57 Å². The number of hydrogen-bond donors (Lipinski definition) is 3. The third-order valence-corrected chi connectivity index (χ3v) is 7.43. The predicted molar refractivity (Wildman–Crippen MR) is 158 cm³/mol. The van der Waals surface area contributed by atoms with E-state index in [4.69, 9.17) is 20.1 Å². The number of nitrogens with two attached hydrogens (primary N) is 1. The Morgan fingerprint density at radius 3 is 1.62 bits per heavy atom. The highest BCUT2D eigenvalue weighted by molar-refractivity contribution is 7.99. The first-order valence-corrected chi connectivity index (χ1v) is 17.0. The van der Waals surface area contributed by atoms with E-state index in [0.29, 0.717) is 6.61 Å². The molecule has 0 saturated carbocycles. The van der Waals surface area contributed by atoms with Crippen molar-refractivity contribution in [1.82, 2.24) is 0 Å². The zero-order valence-corrected chi connectivity index (χ0v) is 26.3. The monoisotopic (exact) mass is 573 g/mol. The molecule has 0 aromatic carbocycles. The van der Waals surface area contributed by atoms with Gasteiger partial charge >= 0.3 is 13.8 Å². The maximum Gasteiger partial charge on any atom is 0.472 e. The Bertz CT molecular complexity index is 501. The maximum atomic E-state index is 11.4. The number of unbranched alkanes of at least 4 members (excludes halogenated alkanes) is 13. The number of aliphatic carboxylic acids is 1. The zero-order chi connectivity index (χ0) is 28.6. The van der Waals surface area contributed by atoms with E-state index in [-0.39, 0.29) is 19.1 Å². The van der Waals surface area contributed by atoms with Crippen LogP contribution in [0.25, 0.3) is 0 Å². The molecular weight excluding hydrogens is 513 g/mol. The molecule has 0 saturated heterocycles. The number of carboxylic acid groups (broad SMARTS) is 1. The van der Waals surface area contributed by atoms with Gasteiger partial charge in [-0.1, -0.05) is 104 Å². The molecule has 0 fully saturated rings. The first-order valence-electron chi connectivity index (χ1n) is 14.4. The van der Waals surface area contributed by atoms with Gasteiger partial charge in [0.2, 0.25) is 0 Å². The number of phosphoric ester groups is 1. The van der Waals surface area contributed by atoms with Gasteiger partial charge in [0.05, 0.1) is 12.7 Å². The van der Waals surface area contributed by atoms with Gasteiger partial charge in [-0.15, -0.1) is 0 Å². The Hall–Kier alpha value is -0.150. The molecule has 226 valence electrons. The smallest absolute Gasteiger partial charge is 0.472 e. The van der Waals surface area contributed by atoms with Gasteiger partial charge < -0.3 is 20.5 Å². The second-order valence-electron chi connectivity index (χ2n) is 8.85. The number of phosphoric acid groups is 1. The van der Waals surface area contributed by atoms with E-state index >= 15 is 0 Å². The van der Waals surface area contributed by atoms with Crippen LogP contribution in [0.1, 0.15) is 124 Å². The highest BCUT2D eigenvalue weighted by atomic mass is 32.2. The summed E-state index contributed by atoms with van der Waals surface area (Å²) in [4.78, 5) is 18.7. The fourth-order valence-corrected chi connectivity index (χ4v) is 4.71. The Morgan fingerprint density at radius 2 is 1.27 bits per heavy atom. The number of hydrogen-bond acceptors (Lipinski definition) is 7. The quantitative estimate of drug-likeness (QED) is 0.0782. The van der Waals surface area contributed by atoms with Crippen molar-refractivity contribution in [2.24, 2.45) is 5.73 Å². The van der Waals surface area contributed by atoms with Crippen molar-refractivity contribution in [2.45, 2.75) is 130 Å². The van der Waals surface area contributed by atoms with Crippen LogP contribution in [-0.4, -0.2) is 60.4 Å². The fourth-order valence-electron chi connectivity index (χ4n) is 3.22. The van der Waals surface area contributed by atoms with Crippen molar-refractivity contribution in [3.05, 3.63) is 0 Å². The number of carboxylic acids is 1. The van der Waals surface area contributed by atoms with Crippen molar-refractivity contribution in [3.63, 3.8) is 0 Å². The SMILES string of the molecule is CCC(=O)O.CCCCCCCCCCCCCCCCSCC(COP(=O)(O)OC)OCC.CCN. The van der Waals surface area contributed by atoms with Gasteiger partial charge in [-0.2, -0.15) is 11.8 Å². The lowest BCUT2D eigenvalue weighted by Gasteiger charge is -2.18. The lowest BCUT2D eigenvalue weighted by molar-refractivity contribution is -0.136. The molecule has 0 aromatic rings.